The highest BCUT2D eigenvalue weighted by molar-refractivity contribution is 9.11. The van der Waals surface area contributed by atoms with Gasteiger partial charge in [-0.15, -0.1) is 0 Å². The average molecular weight is 506 g/mol. The SMILES string of the molecule is Cc1ccccc1N1CCN(C(=O)c2cc3cc(Br)cc(Br)c3oc2=O)CC1. The molecular weight excluding hydrogens is 488 g/mol. The van der Waals surface area contributed by atoms with Gasteiger partial charge < -0.3 is 14.2 Å². The molecule has 0 radical (unpaired) electrons. The summed E-state index contributed by atoms with van der Waals surface area (Å²) < 4.78 is 6.92. The van der Waals surface area contributed by atoms with E-state index in [1.165, 1.54) is 11.3 Å². The standard InChI is InChI=1S/C21H18Br2N2O3/c1-13-4-2-3-5-18(13)24-6-8-25(9-7-24)20(26)16-11-14-10-15(22)12-17(23)19(14)28-21(16)27/h2-5,10-12H,6-9H2,1H3. The van der Waals surface area contributed by atoms with Gasteiger partial charge in [0.2, 0.25) is 0 Å². The second-order valence-electron chi connectivity index (χ2n) is 6.82. The van der Waals surface area contributed by atoms with Gasteiger partial charge in [-0.2, -0.15) is 0 Å². The highest BCUT2D eigenvalue weighted by Crippen LogP contribution is 2.28. The Kier molecular flexibility index (Phi) is 5.29. The van der Waals surface area contributed by atoms with Crippen LogP contribution in [0.1, 0.15) is 15.9 Å². The van der Waals surface area contributed by atoms with E-state index in [0.29, 0.717) is 28.5 Å². The Morgan fingerprint density at radius 1 is 1.04 bits per heavy atom. The summed E-state index contributed by atoms with van der Waals surface area (Å²) in [7, 11) is 0. The van der Waals surface area contributed by atoms with Crippen LogP contribution in [-0.4, -0.2) is 37.0 Å². The Morgan fingerprint density at radius 2 is 1.75 bits per heavy atom. The second-order valence-corrected chi connectivity index (χ2v) is 8.59. The van der Waals surface area contributed by atoms with Crippen LogP contribution >= 0.6 is 31.9 Å². The fourth-order valence-corrected chi connectivity index (χ4v) is 4.88. The number of benzene rings is 2. The molecule has 28 heavy (non-hydrogen) atoms. The van der Waals surface area contributed by atoms with Gasteiger partial charge in [0.1, 0.15) is 5.56 Å². The monoisotopic (exact) mass is 504 g/mol. The van der Waals surface area contributed by atoms with Gasteiger partial charge in [0, 0.05) is 41.7 Å². The normalized spacial score (nSPS) is 14.5. The molecule has 1 amide bonds. The van der Waals surface area contributed by atoms with Crippen molar-refractivity contribution in [3.63, 3.8) is 0 Å². The third kappa shape index (κ3) is 3.61. The number of hydrogen-bond donors (Lipinski definition) is 0. The third-order valence-corrected chi connectivity index (χ3v) is 6.05. The summed E-state index contributed by atoms with van der Waals surface area (Å²) in [5.74, 6) is -0.281. The molecule has 0 unspecified atom stereocenters. The first-order chi connectivity index (χ1) is 13.4. The van der Waals surface area contributed by atoms with E-state index >= 15 is 0 Å². The van der Waals surface area contributed by atoms with E-state index in [2.05, 4.69) is 55.8 Å². The number of anilines is 1. The average Bonchev–Trinajstić information content (AvgIpc) is 2.68. The number of para-hydroxylation sites is 1. The number of hydrogen-bond acceptors (Lipinski definition) is 4. The first-order valence-corrected chi connectivity index (χ1v) is 10.6. The van der Waals surface area contributed by atoms with Crippen LogP contribution in [0.15, 0.2) is 60.6 Å². The van der Waals surface area contributed by atoms with Crippen molar-refractivity contribution in [1.82, 2.24) is 4.90 Å². The third-order valence-electron chi connectivity index (χ3n) is 5.01. The molecule has 1 fully saturated rings. The van der Waals surface area contributed by atoms with Crippen molar-refractivity contribution in [1.29, 1.82) is 0 Å². The molecule has 4 rings (SSSR count). The topological polar surface area (TPSA) is 53.8 Å². The lowest BCUT2D eigenvalue weighted by Crippen LogP contribution is -2.49. The van der Waals surface area contributed by atoms with Gasteiger partial charge in [0.15, 0.2) is 5.58 Å². The minimum atomic E-state index is -0.609. The summed E-state index contributed by atoms with van der Waals surface area (Å²) in [4.78, 5) is 29.4. The van der Waals surface area contributed by atoms with Crippen molar-refractivity contribution in [3.8, 4) is 0 Å². The number of aryl methyl sites for hydroxylation is 1. The zero-order valence-electron chi connectivity index (χ0n) is 15.2. The largest absolute Gasteiger partial charge is 0.421 e. The summed E-state index contributed by atoms with van der Waals surface area (Å²) in [6, 6.07) is 13.5. The second kappa shape index (κ2) is 7.72. The molecule has 3 aromatic rings. The van der Waals surface area contributed by atoms with E-state index in [0.717, 1.165) is 17.6 Å². The molecule has 0 bridgehead atoms. The quantitative estimate of drug-likeness (QED) is 0.478. The molecule has 0 aliphatic carbocycles. The fourth-order valence-electron chi connectivity index (χ4n) is 3.55. The minimum Gasteiger partial charge on any atom is -0.421 e. The van der Waals surface area contributed by atoms with Crippen molar-refractivity contribution < 1.29 is 9.21 Å². The predicted octanol–water partition coefficient (Wildman–Crippen LogP) is 4.59. The van der Waals surface area contributed by atoms with E-state index in [1.54, 1.807) is 17.0 Å². The number of fused-ring (bicyclic) bond motifs is 1. The van der Waals surface area contributed by atoms with E-state index < -0.39 is 5.63 Å². The van der Waals surface area contributed by atoms with Crippen molar-refractivity contribution in [2.24, 2.45) is 0 Å². The van der Waals surface area contributed by atoms with Crippen LogP contribution in [0.2, 0.25) is 0 Å². The molecule has 7 heteroatoms. The first-order valence-electron chi connectivity index (χ1n) is 8.97. The molecule has 0 N–H and O–H groups in total. The lowest BCUT2D eigenvalue weighted by atomic mass is 10.1. The summed E-state index contributed by atoms with van der Waals surface area (Å²) >= 11 is 6.81. The van der Waals surface area contributed by atoms with Crippen molar-refractivity contribution in [2.75, 3.05) is 31.1 Å². The maximum absolute atomic E-state index is 13.0. The van der Waals surface area contributed by atoms with E-state index in [1.807, 2.05) is 18.2 Å². The number of piperazine rings is 1. The first kappa shape index (κ1) is 19.2. The molecule has 144 valence electrons. The molecule has 1 saturated heterocycles. The molecule has 5 nitrogen and oxygen atoms in total. The van der Waals surface area contributed by atoms with Crippen LogP contribution in [0, 0.1) is 6.92 Å². The van der Waals surface area contributed by atoms with Crippen LogP contribution in [0.5, 0.6) is 0 Å². The molecule has 1 aliphatic rings. The number of halogens is 2. The van der Waals surface area contributed by atoms with Gasteiger partial charge in [0.25, 0.3) is 5.91 Å². The summed E-state index contributed by atoms with van der Waals surface area (Å²) in [6.07, 6.45) is 0. The van der Waals surface area contributed by atoms with Crippen molar-refractivity contribution >= 4 is 54.4 Å². The van der Waals surface area contributed by atoms with E-state index in [4.69, 9.17) is 4.42 Å². The summed E-state index contributed by atoms with van der Waals surface area (Å²) in [5, 5.41) is 0.697. The Bertz CT molecular complexity index is 1120. The zero-order valence-corrected chi connectivity index (χ0v) is 18.4. The molecule has 2 heterocycles. The van der Waals surface area contributed by atoms with Gasteiger partial charge in [-0.3, -0.25) is 4.79 Å². The van der Waals surface area contributed by atoms with Gasteiger partial charge >= 0.3 is 5.63 Å². The smallest absolute Gasteiger partial charge is 0.349 e. The maximum Gasteiger partial charge on any atom is 0.349 e. The van der Waals surface area contributed by atoms with Gasteiger partial charge in [-0.05, 0) is 52.7 Å². The highest BCUT2D eigenvalue weighted by Gasteiger charge is 2.25. The van der Waals surface area contributed by atoms with Gasteiger partial charge in [0.05, 0.1) is 4.47 Å². The van der Waals surface area contributed by atoms with Crippen LogP contribution in [0.3, 0.4) is 0 Å². The van der Waals surface area contributed by atoms with E-state index in [9.17, 15) is 9.59 Å². The molecular formula is C21H18Br2N2O3. The zero-order chi connectivity index (χ0) is 19.8. The number of carbonyl (C=O) groups is 1. The van der Waals surface area contributed by atoms with Crippen LogP contribution in [0.25, 0.3) is 11.0 Å². The van der Waals surface area contributed by atoms with Gasteiger partial charge in [-0.25, -0.2) is 4.79 Å². The molecule has 1 aromatic heterocycles. The number of amides is 1. The molecule has 0 spiro atoms. The highest BCUT2D eigenvalue weighted by atomic mass is 79.9. The Hall–Kier alpha value is -2.12. The van der Waals surface area contributed by atoms with E-state index in [-0.39, 0.29) is 11.5 Å². The van der Waals surface area contributed by atoms with Crippen LogP contribution in [-0.2, 0) is 0 Å². The Morgan fingerprint density at radius 3 is 2.46 bits per heavy atom. The van der Waals surface area contributed by atoms with Crippen LogP contribution < -0.4 is 10.5 Å². The predicted molar refractivity (Wildman–Crippen MR) is 117 cm³/mol. The Balaban J connectivity index is 1.57. The minimum absolute atomic E-state index is 0.0711. The molecule has 0 atom stereocenters. The van der Waals surface area contributed by atoms with Crippen molar-refractivity contribution in [2.45, 2.75) is 6.92 Å². The Labute approximate surface area is 179 Å². The number of carbonyl (C=O) groups excluding carboxylic acids is 1. The maximum atomic E-state index is 13.0. The van der Waals surface area contributed by atoms with Gasteiger partial charge in [-0.1, -0.05) is 34.1 Å². The molecule has 1 aliphatic heterocycles. The summed E-state index contributed by atoms with van der Waals surface area (Å²) in [6.45, 7) is 4.67. The number of rotatable bonds is 2. The lowest BCUT2D eigenvalue weighted by Gasteiger charge is -2.36. The van der Waals surface area contributed by atoms with Crippen molar-refractivity contribution in [3.05, 3.63) is 73.0 Å². The molecule has 0 saturated carbocycles. The molecule has 2 aromatic carbocycles. The van der Waals surface area contributed by atoms with Crippen LogP contribution in [0.4, 0.5) is 5.69 Å². The lowest BCUT2D eigenvalue weighted by molar-refractivity contribution is 0.0742. The fraction of sp³-hybridized carbons (Fsp3) is 0.238. The summed E-state index contributed by atoms with van der Waals surface area (Å²) in [5.41, 5.74) is 2.31. The number of nitrogens with zero attached hydrogens (tertiary/aromatic N) is 2.